The zero-order valence-electron chi connectivity index (χ0n) is 20.4. The molecule has 3 aromatic heterocycles. The quantitative estimate of drug-likeness (QED) is 0.385. The largest absolute Gasteiger partial charge is 0.468 e. The molecule has 12 heteroatoms. The molecule has 1 amide bonds. The summed E-state index contributed by atoms with van der Waals surface area (Å²) >= 11 is 0. The molecule has 200 valence electrons. The van der Waals surface area contributed by atoms with Gasteiger partial charge in [-0.25, -0.2) is 27.2 Å². The SMILES string of the molecule is O=C(NCc1cc2nc(-c3cccc(OC4CC4(F)F)n3)ccc2cn1)c1ccc2c(c1)S(=O)(=O)CCOC2. The van der Waals surface area contributed by atoms with Crippen LogP contribution in [0.3, 0.4) is 0 Å². The number of hydrogen-bond donors (Lipinski definition) is 1. The Morgan fingerprint density at radius 3 is 2.74 bits per heavy atom. The number of hydrogen-bond acceptors (Lipinski definition) is 8. The molecule has 4 heterocycles. The summed E-state index contributed by atoms with van der Waals surface area (Å²) in [6, 6.07) is 14.7. The van der Waals surface area contributed by atoms with Crippen LogP contribution in [0.1, 0.15) is 28.0 Å². The molecule has 1 unspecified atom stereocenters. The van der Waals surface area contributed by atoms with Crippen molar-refractivity contribution in [2.75, 3.05) is 12.4 Å². The number of carbonyl (C=O) groups excluding carboxylic acids is 1. The fourth-order valence-electron chi connectivity index (χ4n) is 4.22. The Morgan fingerprint density at radius 1 is 1.10 bits per heavy atom. The summed E-state index contributed by atoms with van der Waals surface area (Å²) in [6.45, 7) is 0.372. The van der Waals surface area contributed by atoms with Crippen LogP contribution >= 0.6 is 0 Å². The normalized spacial score (nSPS) is 19.1. The molecular formula is C27H22F2N4O5S. The van der Waals surface area contributed by atoms with E-state index in [0.717, 1.165) is 5.39 Å². The number of sulfone groups is 1. The van der Waals surface area contributed by atoms with Crippen molar-refractivity contribution in [3.63, 3.8) is 0 Å². The van der Waals surface area contributed by atoms with E-state index in [1.54, 1.807) is 42.6 Å². The van der Waals surface area contributed by atoms with Crippen LogP contribution in [0.4, 0.5) is 8.78 Å². The highest BCUT2D eigenvalue weighted by Crippen LogP contribution is 2.44. The number of carbonyl (C=O) groups is 1. The standard InChI is InChI=1S/C27H22F2N4O5S/c28-27(29)12-24(27)38-25-3-1-2-20(33-25)21-7-6-17-13-30-19(11-22(17)32-21)14-31-26(34)16-4-5-18-15-37-8-9-39(35,36)23(18)10-16/h1-7,10-11,13,24H,8-9,12,14-15H2,(H,31,34). The van der Waals surface area contributed by atoms with Gasteiger partial charge in [0.15, 0.2) is 15.9 Å². The second-order valence-corrected chi connectivity index (χ2v) is 11.5. The fraction of sp³-hybridized carbons (Fsp3) is 0.259. The Kier molecular flexibility index (Phi) is 6.23. The molecule has 1 N–H and O–H groups in total. The highest BCUT2D eigenvalue weighted by molar-refractivity contribution is 7.91. The van der Waals surface area contributed by atoms with Crippen LogP contribution in [0.15, 0.2) is 65.7 Å². The first kappa shape index (κ1) is 25.3. The van der Waals surface area contributed by atoms with Crippen molar-refractivity contribution in [2.45, 2.75) is 36.5 Å². The van der Waals surface area contributed by atoms with E-state index < -0.39 is 27.8 Å². The van der Waals surface area contributed by atoms with Crippen molar-refractivity contribution in [1.82, 2.24) is 20.3 Å². The number of benzene rings is 1. The molecule has 0 radical (unpaired) electrons. The van der Waals surface area contributed by atoms with E-state index in [1.165, 1.54) is 12.1 Å². The summed E-state index contributed by atoms with van der Waals surface area (Å²) in [6.07, 6.45) is 0.155. The maximum absolute atomic E-state index is 13.2. The molecule has 2 aliphatic rings. The molecular weight excluding hydrogens is 530 g/mol. The minimum absolute atomic E-state index is 0.0881. The van der Waals surface area contributed by atoms with Gasteiger partial charge in [0.25, 0.3) is 11.8 Å². The number of halogens is 2. The van der Waals surface area contributed by atoms with Crippen molar-refractivity contribution < 1.29 is 31.5 Å². The topological polar surface area (TPSA) is 120 Å². The summed E-state index contributed by atoms with van der Waals surface area (Å²) in [5, 5.41) is 3.53. The van der Waals surface area contributed by atoms with Crippen molar-refractivity contribution in [2.24, 2.45) is 0 Å². The maximum Gasteiger partial charge on any atom is 0.288 e. The Bertz CT molecular complexity index is 1710. The number of fused-ring (bicyclic) bond motifs is 2. The average molecular weight is 553 g/mol. The molecule has 1 aliphatic carbocycles. The highest BCUT2D eigenvalue weighted by Gasteiger charge is 2.60. The summed E-state index contributed by atoms with van der Waals surface area (Å²) < 4.78 is 62.1. The number of nitrogens with one attached hydrogen (secondary N) is 1. The van der Waals surface area contributed by atoms with E-state index in [2.05, 4.69) is 20.3 Å². The molecule has 1 fully saturated rings. The number of aromatic nitrogens is 3. The molecule has 1 aromatic carbocycles. The number of nitrogens with zero attached hydrogens (tertiary/aromatic N) is 3. The number of pyridine rings is 3. The van der Waals surface area contributed by atoms with Gasteiger partial charge >= 0.3 is 0 Å². The molecule has 6 rings (SSSR count). The minimum Gasteiger partial charge on any atom is -0.468 e. The van der Waals surface area contributed by atoms with Crippen molar-refractivity contribution in [3.8, 4) is 17.3 Å². The number of ether oxygens (including phenoxy) is 2. The first-order valence-corrected chi connectivity index (χ1v) is 13.8. The molecule has 9 nitrogen and oxygen atoms in total. The Labute approximate surface area is 222 Å². The Balaban J connectivity index is 1.18. The van der Waals surface area contributed by atoms with E-state index in [9.17, 15) is 22.0 Å². The molecule has 1 aliphatic heterocycles. The zero-order valence-corrected chi connectivity index (χ0v) is 21.2. The van der Waals surface area contributed by atoms with Gasteiger partial charge in [-0.05, 0) is 42.0 Å². The van der Waals surface area contributed by atoms with Gasteiger partial charge in [-0.1, -0.05) is 12.1 Å². The third kappa shape index (κ3) is 5.30. The number of alkyl halides is 2. The van der Waals surface area contributed by atoms with Crippen LogP contribution < -0.4 is 10.1 Å². The van der Waals surface area contributed by atoms with E-state index in [1.807, 2.05) is 6.07 Å². The van der Waals surface area contributed by atoms with Gasteiger partial charge in [0.1, 0.15) is 0 Å². The predicted molar refractivity (Wildman–Crippen MR) is 136 cm³/mol. The zero-order chi connectivity index (χ0) is 27.2. The van der Waals surface area contributed by atoms with Gasteiger partial charge < -0.3 is 14.8 Å². The molecule has 0 saturated heterocycles. The van der Waals surface area contributed by atoms with Gasteiger partial charge in [-0.15, -0.1) is 0 Å². The lowest BCUT2D eigenvalue weighted by molar-refractivity contribution is 0.0649. The van der Waals surface area contributed by atoms with Gasteiger partial charge in [0.05, 0.1) is 59.4 Å². The lowest BCUT2D eigenvalue weighted by atomic mass is 10.1. The smallest absolute Gasteiger partial charge is 0.288 e. The molecule has 4 aromatic rings. The van der Waals surface area contributed by atoms with E-state index in [-0.39, 0.29) is 48.3 Å². The molecule has 1 saturated carbocycles. The highest BCUT2D eigenvalue weighted by atomic mass is 32.2. The van der Waals surface area contributed by atoms with Crippen LogP contribution in [0, 0.1) is 0 Å². The molecule has 0 bridgehead atoms. The number of rotatable bonds is 6. The van der Waals surface area contributed by atoms with E-state index in [0.29, 0.717) is 28.2 Å². The van der Waals surface area contributed by atoms with Gasteiger partial charge in [0.2, 0.25) is 5.88 Å². The van der Waals surface area contributed by atoms with Gasteiger partial charge in [-0.2, -0.15) is 0 Å². The monoisotopic (exact) mass is 552 g/mol. The van der Waals surface area contributed by atoms with Crippen molar-refractivity contribution in [3.05, 3.63) is 77.6 Å². The van der Waals surface area contributed by atoms with Crippen LogP contribution in [-0.4, -0.2) is 53.7 Å². The summed E-state index contributed by atoms with van der Waals surface area (Å²) in [4.78, 5) is 26.2. The summed E-state index contributed by atoms with van der Waals surface area (Å²) in [5.41, 5.74) is 2.87. The van der Waals surface area contributed by atoms with E-state index >= 15 is 0 Å². The summed E-state index contributed by atoms with van der Waals surface area (Å²) in [5.74, 6) is -3.29. The fourth-order valence-corrected chi connectivity index (χ4v) is 5.61. The Morgan fingerprint density at radius 2 is 1.92 bits per heavy atom. The Hall–Kier alpha value is -4.03. The van der Waals surface area contributed by atoms with Crippen LogP contribution in [-0.2, 0) is 27.7 Å². The third-order valence-electron chi connectivity index (χ3n) is 6.50. The van der Waals surface area contributed by atoms with Gasteiger partial charge in [-0.3, -0.25) is 9.78 Å². The minimum atomic E-state index is -3.54. The number of amides is 1. The summed E-state index contributed by atoms with van der Waals surface area (Å²) in [7, 11) is -3.54. The molecule has 39 heavy (non-hydrogen) atoms. The van der Waals surface area contributed by atoms with E-state index in [4.69, 9.17) is 9.47 Å². The van der Waals surface area contributed by atoms with Crippen LogP contribution in [0.25, 0.3) is 22.3 Å². The van der Waals surface area contributed by atoms with Gasteiger partial charge in [0, 0.05) is 23.2 Å². The molecule has 1 atom stereocenters. The molecule has 0 spiro atoms. The van der Waals surface area contributed by atoms with Crippen molar-refractivity contribution >= 4 is 26.6 Å². The lowest BCUT2D eigenvalue weighted by Crippen LogP contribution is -2.23. The lowest BCUT2D eigenvalue weighted by Gasteiger charge is -2.10. The first-order chi connectivity index (χ1) is 18.7. The third-order valence-corrected chi connectivity index (χ3v) is 8.25. The van der Waals surface area contributed by atoms with Crippen LogP contribution in [0.5, 0.6) is 5.88 Å². The first-order valence-electron chi connectivity index (χ1n) is 12.2. The second-order valence-electron chi connectivity index (χ2n) is 9.37. The van der Waals surface area contributed by atoms with Crippen LogP contribution in [0.2, 0.25) is 0 Å². The average Bonchev–Trinajstić information content (AvgIpc) is 3.57. The maximum atomic E-state index is 13.2. The second kappa shape index (κ2) is 9.62. The van der Waals surface area contributed by atoms with Crippen molar-refractivity contribution in [1.29, 1.82) is 0 Å². The predicted octanol–water partition coefficient (Wildman–Crippen LogP) is 3.71.